The first-order valence-electron chi connectivity index (χ1n) is 7.00. The van der Waals surface area contributed by atoms with Gasteiger partial charge in [-0.1, -0.05) is 12.1 Å². The van der Waals surface area contributed by atoms with Crippen LogP contribution in [-0.2, 0) is 6.61 Å². The van der Waals surface area contributed by atoms with Crippen molar-refractivity contribution in [2.24, 2.45) is 5.73 Å². The number of rotatable bonds is 5. The highest BCUT2D eigenvalue weighted by atomic mass is 16.5. The molecule has 0 aliphatic rings. The summed E-state index contributed by atoms with van der Waals surface area (Å²) < 4.78 is 7.83. The van der Waals surface area contributed by atoms with Crippen LogP contribution in [0.1, 0.15) is 49.7 Å². The van der Waals surface area contributed by atoms with Gasteiger partial charge in [0.1, 0.15) is 12.4 Å². The van der Waals surface area contributed by atoms with E-state index in [1.165, 1.54) is 0 Å². The van der Waals surface area contributed by atoms with Crippen molar-refractivity contribution in [2.75, 3.05) is 0 Å². The van der Waals surface area contributed by atoms with Crippen LogP contribution in [0.2, 0.25) is 0 Å². The Bertz CT molecular complexity index is 573. The average Bonchev–Trinajstić information content (AvgIpc) is 2.85. The molecule has 0 aliphatic heterocycles. The molecule has 0 bridgehead atoms. The second-order valence-electron chi connectivity index (χ2n) is 5.50. The lowest BCUT2D eigenvalue weighted by molar-refractivity contribution is 0.294. The Morgan fingerprint density at radius 1 is 1.25 bits per heavy atom. The Hall–Kier alpha value is -1.81. The third-order valence-electron chi connectivity index (χ3n) is 3.23. The molecule has 0 spiro atoms. The van der Waals surface area contributed by atoms with Gasteiger partial charge in [-0.05, 0) is 45.4 Å². The molecule has 1 aromatic carbocycles. The zero-order chi connectivity index (χ0) is 14.7. The molecule has 20 heavy (non-hydrogen) atoms. The molecular formula is C16H23N3O. The lowest BCUT2D eigenvalue weighted by Crippen LogP contribution is -2.09. The van der Waals surface area contributed by atoms with Crippen molar-refractivity contribution in [1.82, 2.24) is 9.78 Å². The van der Waals surface area contributed by atoms with Crippen molar-refractivity contribution in [3.63, 3.8) is 0 Å². The number of nitrogens with zero attached hydrogens (tertiary/aromatic N) is 2. The average molecular weight is 273 g/mol. The number of benzene rings is 1. The van der Waals surface area contributed by atoms with Crippen LogP contribution in [0.25, 0.3) is 0 Å². The molecule has 0 saturated carbocycles. The van der Waals surface area contributed by atoms with Gasteiger partial charge in [-0.25, -0.2) is 0 Å². The highest BCUT2D eigenvalue weighted by Crippen LogP contribution is 2.25. The minimum Gasteiger partial charge on any atom is -0.487 e. The van der Waals surface area contributed by atoms with E-state index in [0.29, 0.717) is 12.6 Å². The fourth-order valence-electron chi connectivity index (χ4n) is 2.04. The predicted molar refractivity (Wildman–Crippen MR) is 80.7 cm³/mol. The third kappa shape index (κ3) is 3.39. The number of hydrogen-bond donors (Lipinski definition) is 1. The van der Waals surface area contributed by atoms with Crippen LogP contribution in [0, 0.1) is 6.92 Å². The maximum atomic E-state index is 5.98. The van der Waals surface area contributed by atoms with Crippen LogP contribution in [0.15, 0.2) is 30.5 Å². The normalized spacial score (nSPS) is 12.7. The van der Waals surface area contributed by atoms with Crippen molar-refractivity contribution in [3.8, 4) is 5.75 Å². The molecular weight excluding hydrogens is 250 g/mol. The van der Waals surface area contributed by atoms with Crippen LogP contribution < -0.4 is 10.5 Å². The summed E-state index contributed by atoms with van der Waals surface area (Å²) in [7, 11) is 0. The lowest BCUT2D eigenvalue weighted by Gasteiger charge is -2.14. The van der Waals surface area contributed by atoms with Gasteiger partial charge in [0, 0.05) is 23.8 Å². The molecule has 1 atom stereocenters. The molecule has 1 heterocycles. The first kappa shape index (κ1) is 14.6. The SMILES string of the molecule is Cc1ccc([C@H](C)N)c(OCc2ccn(C(C)C)n2)c1. The molecule has 2 aromatic rings. The fraction of sp³-hybridized carbons (Fsp3) is 0.438. The molecule has 108 valence electrons. The van der Waals surface area contributed by atoms with E-state index in [4.69, 9.17) is 10.5 Å². The van der Waals surface area contributed by atoms with Crippen LogP contribution in [0.4, 0.5) is 0 Å². The smallest absolute Gasteiger partial charge is 0.132 e. The molecule has 0 saturated heterocycles. The summed E-state index contributed by atoms with van der Waals surface area (Å²) in [5, 5.41) is 4.48. The summed E-state index contributed by atoms with van der Waals surface area (Å²) in [6.07, 6.45) is 1.98. The third-order valence-corrected chi connectivity index (χ3v) is 3.23. The molecule has 0 unspecified atom stereocenters. The second kappa shape index (κ2) is 6.09. The summed E-state index contributed by atoms with van der Waals surface area (Å²) in [6, 6.07) is 8.42. The maximum absolute atomic E-state index is 5.98. The molecule has 0 fully saturated rings. The van der Waals surface area contributed by atoms with Crippen LogP contribution in [-0.4, -0.2) is 9.78 Å². The molecule has 2 N–H and O–H groups in total. The number of hydrogen-bond acceptors (Lipinski definition) is 3. The fourth-order valence-corrected chi connectivity index (χ4v) is 2.04. The first-order chi connectivity index (χ1) is 9.47. The van der Waals surface area contributed by atoms with Gasteiger partial charge in [0.25, 0.3) is 0 Å². The topological polar surface area (TPSA) is 53.1 Å². The van der Waals surface area contributed by atoms with E-state index < -0.39 is 0 Å². The first-order valence-corrected chi connectivity index (χ1v) is 7.00. The van der Waals surface area contributed by atoms with E-state index in [-0.39, 0.29) is 6.04 Å². The van der Waals surface area contributed by atoms with Gasteiger partial charge in [0.05, 0.1) is 5.69 Å². The van der Waals surface area contributed by atoms with Crippen molar-refractivity contribution >= 4 is 0 Å². The van der Waals surface area contributed by atoms with Gasteiger partial charge in [-0.2, -0.15) is 5.10 Å². The van der Waals surface area contributed by atoms with Gasteiger partial charge in [0.2, 0.25) is 0 Å². The van der Waals surface area contributed by atoms with Crippen LogP contribution >= 0.6 is 0 Å². The van der Waals surface area contributed by atoms with Crippen LogP contribution in [0.5, 0.6) is 5.75 Å². The maximum Gasteiger partial charge on any atom is 0.132 e. The van der Waals surface area contributed by atoms with Gasteiger partial charge >= 0.3 is 0 Å². The van der Waals surface area contributed by atoms with Gasteiger partial charge in [-0.15, -0.1) is 0 Å². The number of nitrogens with two attached hydrogens (primary N) is 1. The van der Waals surface area contributed by atoms with Crippen molar-refractivity contribution in [2.45, 2.75) is 46.4 Å². The molecule has 4 nitrogen and oxygen atoms in total. The Kier molecular flexibility index (Phi) is 4.45. The Morgan fingerprint density at radius 2 is 2.00 bits per heavy atom. The standard InChI is InChI=1S/C16H23N3O/c1-11(2)19-8-7-14(18-19)10-20-16-9-12(3)5-6-15(16)13(4)17/h5-9,11,13H,10,17H2,1-4H3/t13-/m0/s1. The summed E-state index contributed by atoms with van der Waals surface area (Å²) >= 11 is 0. The number of aryl methyl sites for hydroxylation is 1. The van der Waals surface area contributed by atoms with E-state index in [1.54, 1.807) is 0 Å². The van der Waals surface area contributed by atoms with E-state index in [2.05, 4.69) is 25.0 Å². The molecule has 2 rings (SSSR count). The van der Waals surface area contributed by atoms with E-state index in [9.17, 15) is 0 Å². The van der Waals surface area contributed by atoms with Gasteiger partial charge < -0.3 is 10.5 Å². The highest BCUT2D eigenvalue weighted by molar-refractivity contribution is 5.39. The summed E-state index contributed by atoms with van der Waals surface area (Å²) in [6.45, 7) is 8.68. The van der Waals surface area contributed by atoms with Crippen molar-refractivity contribution in [3.05, 3.63) is 47.3 Å². The second-order valence-corrected chi connectivity index (χ2v) is 5.50. The lowest BCUT2D eigenvalue weighted by atomic mass is 10.1. The zero-order valence-corrected chi connectivity index (χ0v) is 12.6. The number of ether oxygens (including phenoxy) is 1. The Morgan fingerprint density at radius 3 is 2.60 bits per heavy atom. The minimum absolute atomic E-state index is 0.0428. The van der Waals surface area contributed by atoms with E-state index >= 15 is 0 Å². The minimum atomic E-state index is -0.0428. The zero-order valence-electron chi connectivity index (χ0n) is 12.6. The molecule has 0 radical (unpaired) electrons. The van der Waals surface area contributed by atoms with Crippen molar-refractivity contribution in [1.29, 1.82) is 0 Å². The summed E-state index contributed by atoms with van der Waals surface area (Å²) in [5.41, 5.74) is 9.10. The molecule has 0 amide bonds. The Labute approximate surface area is 120 Å². The van der Waals surface area contributed by atoms with E-state index in [0.717, 1.165) is 22.6 Å². The number of aromatic nitrogens is 2. The summed E-state index contributed by atoms with van der Waals surface area (Å²) in [5.74, 6) is 0.846. The molecule has 4 heteroatoms. The van der Waals surface area contributed by atoms with Crippen LogP contribution in [0.3, 0.4) is 0 Å². The van der Waals surface area contributed by atoms with Gasteiger partial charge in [0.15, 0.2) is 0 Å². The quantitative estimate of drug-likeness (QED) is 0.908. The van der Waals surface area contributed by atoms with Gasteiger partial charge in [-0.3, -0.25) is 4.68 Å². The Balaban J connectivity index is 2.11. The largest absolute Gasteiger partial charge is 0.487 e. The highest BCUT2D eigenvalue weighted by Gasteiger charge is 2.09. The van der Waals surface area contributed by atoms with E-state index in [1.807, 2.05) is 42.9 Å². The molecule has 0 aliphatic carbocycles. The molecule has 1 aromatic heterocycles. The van der Waals surface area contributed by atoms with Crippen molar-refractivity contribution < 1.29 is 4.74 Å². The summed E-state index contributed by atoms with van der Waals surface area (Å²) in [4.78, 5) is 0. The monoisotopic (exact) mass is 273 g/mol. The predicted octanol–water partition coefficient (Wildman–Crippen LogP) is 3.37.